The van der Waals surface area contributed by atoms with Crippen molar-refractivity contribution in [2.75, 3.05) is 5.73 Å². The molecule has 0 atom stereocenters. The van der Waals surface area contributed by atoms with Crippen LogP contribution in [0.2, 0.25) is 5.02 Å². The predicted molar refractivity (Wildman–Crippen MR) is 60.8 cm³/mol. The van der Waals surface area contributed by atoms with Crippen LogP contribution in [0.4, 0.5) is 14.5 Å². The number of benzene rings is 1. The van der Waals surface area contributed by atoms with Crippen molar-refractivity contribution in [1.29, 1.82) is 0 Å². The maximum Gasteiger partial charge on any atom is 0.272 e. The second kappa shape index (κ2) is 3.94. The lowest BCUT2D eigenvalue weighted by Crippen LogP contribution is -2.10. The van der Waals surface area contributed by atoms with Crippen molar-refractivity contribution in [1.82, 2.24) is 0 Å². The number of alkyl halides is 2. The molecule has 14 heavy (non-hydrogen) atoms. The van der Waals surface area contributed by atoms with E-state index in [9.17, 15) is 8.78 Å². The molecule has 0 amide bonds. The third kappa shape index (κ3) is 2.20. The summed E-state index contributed by atoms with van der Waals surface area (Å²) >= 11 is 11.7. The van der Waals surface area contributed by atoms with Crippen LogP contribution >= 0.6 is 43.5 Å². The summed E-state index contributed by atoms with van der Waals surface area (Å²) in [5.74, 6) is -2.98. The molecular weight excluding hydrogens is 343 g/mol. The molecule has 0 radical (unpaired) electrons. The van der Waals surface area contributed by atoms with E-state index in [1.54, 1.807) is 0 Å². The van der Waals surface area contributed by atoms with Crippen LogP contribution in [0.25, 0.3) is 0 Å². The highest BCUT2D eigenvalue weighted by Crippen LogP contribution is 2.43. The number of nitrogens with two attached hydrogens (primary N) is 1. The molecular formula is C8H6Br2ClF2N. The maximum absolute atomic E-state index is 13.1. The second-order valence-electron chi connectivity index (χ2n) is 2.83. The fraction of sp³-hybridized carbons (Fsp3) is 0.250. The number of halogens is 5. The minimum Gasteiger partial charge on any atom is -0.397 e. The van der Waals surface area contributed by atoms with E-state index < -0.39 is 5.92 Å². The summed E-state index contributed by atoms with van der Waals surface area (Å²) in [5.41, 5.74) is 5.44. The summed E-state index contributed by atoms with van der Waals surface area (Å²) in [5, 5.41) is 0.233. The molecule has 78 valence electrons. The zero-order chi connectivity index (χ0) is 11.1. The van der Waals surface area contributed by atoms with Crippen molar-refractivity contribution in [3.63, 3.8) is 0 Å². The Labute approximate surface area is 102 Å². The molecule has 0 unspecified atom stereocenters. The van der Waals surface area contributed by atoms with E-state index in [-0.39, 0.29) is 25.2 Å². The third-order valence-electron chi connectivity index (χ3n) is 1.64. The number of rotatable bonds is 1. The molecule has 0 spiro atoms. The Morgan fingerprint density at radius 1 is 1.43 bits per heavy atom. The number of nitrogen functional groups attached to an aromatic ring is 1. The van der Waals surface area contributed by atoms with Crippen molar-refractivity contribution in [3.8, 4) is 0 Å². The lowest BCUT2D eigenvalue weighted by Gasteiger charge is -2.16. The molecule has 0 aliphatic carbocycles. The van der Waals surface area contributed by atoms with Crippen molar-refractivity contribution in [2.45, 2.75) is 12.8 Å². The van der Waals surface area contributed by atoms with E-state index in [1.165, 1.54) is 6.07 Å². The first kappa shape index (κ1) is 12.2. The molecule has 0 saturated heterocycles. The van der Waals surface area contributed by atoms with Crippen molar-refractivity contribution >= 4 is 49.1 Å². The van der Waals surface area contributed by atoms with Crippen LogP contribution < -0.4 is 5.73 Å². The van der Waals surface area contributed by atoms with Gasteiger partial charge in [0.05, 0.1) is 20.7 Å². The lowest BCUT2D eigenvalue weighted by molar-refractivity contribution is 0.0160. The Hall–Kier alpha value is 0.130. The number of hydrogen-bond acceptors (Lipinski definition) is 1. The molecule has 6 heteroatoms. The highest BCUT2D eigenvalue weighted by molar-refractivity contribution is 9.11. The molecule has 1 aromatic rings. The molecule has 0 heterocycles. The van der Waals surface area contributed by atoms with E-state index in [0.717, 1.165) is 6.92 Å². The molecule has 1 nitrogen and oxygen atoms in total. The van der Waals surface area contributed by atoms with E-state index in [1.807, 2.05) is 0 Å². The molecule has 0 bridgehead atoms. The van der Waals surface area contributed by atoms with Gasteiger partial charge in [-0.15, -0.1) is 0 Å². The summed E-state index contributed by atoms with van der Waals surface area (Å²) in [7, 11) is 0. The fourth-order valence-electron chi connectivity index (χ4n) is 1.01. The van der Waals surface area contributed by atoms with E-state index in [0.29, 0.717) is 0 Å². The van der Waals surface area contributed by atoms with Gasteiger partial charge in [0.15, 0.2) is 0 Å². The van der Waals surface area contributed by atoms with Crippen LogP contribution in [-0.2, 0) is 5.92 Å². The van der Waals surface area contributed by atoms with Gasteiger partial charge in [0.1, 0.15) is 0 Å². The van der Waals surface area contributed by atoms with Gasteiger partial charge in [-0.05, 0) is 22.0 Å². The van der Waals surface area contributed by atoms with Crippen LogP contribution in [-0.4, -0.2) is 0 Å². The van der Waals surface area contributed by atoms with Crippen LogP contribution in [0, 0.1) is 0 Å². The Morgan fingerprint density at radius 2 is 1.93 bits per heavy atom. The molecule has 0 aliphatic heterocycles. The van der Waals surface area contributed by atoms with Crippen molar-refractivity contribution in [2.24, 2.45) is 0 Å². The van der Waals surface area contributed by atoms with Crippen molar-refractivity contribution in [3.05, 3.63) is 25.6 Å². The molecule has 1 aromatic carbocycles. The number of anilines is 1. The molecule has 1 rings (SSSR count). The van der Waals surface area contributed by atoms with Gasteiger partial charge in [-0.1, -0.05) is 27.5 Å². The van der Waals surface area contributed by atoms with Crippen molar-refractivity contribution < 1.29 is 8.78 Å². The molecule has 0 fully saturated rings. The summed E-state index contributed by atoms with van der Waals surface area (Å²) < 4.78 is 26.6. The fourth-order valence-corrected chi connectivity index (χ4v) is 3.27. The summed E-state index contributed by atoms with van der Waals surface area (Å²) in [6, 6.07) is 1.36. The minimum absolute atomic E-state index is 0.117. The topological polar surface area (TPSA) is 26.0 Å². The predicted octanol–water partition coefficient (Wildman–Crippen LogP) is 4.56. The Morgan fingerprint density at radius 3 is 2.36 bits per heavy atom. The number of hydrogen-bond donors (Lipinski definition) is 1. The van der Waals surface area contributed by atoms with Gasteiger partial charge < -0.3 is 5.73 Å². The average molecular weight is 349 g/mol. The maximum atomic E-state index is 13.1. The Kier molecular flexibility index (Phi) is 3.44. The SMILES string of the molecule is CC(F)(F)c1c(Br)cc(Cl)c(N)c1Br. The van der Waals surface area contributed by atoms with E-state index in [4.69, 9.17) is 17.3 Å². The van der Waals surface area contributed by atoms with Gasteiger partial charge >= 0.3 is 0 Å². The van der Waals surface area contributed by atoms with Crippen LogP contribution in [0.3, 0.4) is 0 Å². The van der Waals surface area contributed by atoms with Crippen LogP contribution in [0.1, 0.15) is 12.5 Å². The summed E-state index contributed by atoms with van der Waals surface area (Å²) in [6.45, 7) is 0.797. The van der Waals surface area contributed by atoms with E-state index in [2.05, 4.69) is 31.9 Å². The first-order chi connectivity index (χ1) is 6.25. The van der Waals surface area contributed by atoms with Gasteiger partial charge in [0.25, 0.3) is 5.92 Å². The van der Waals surface area contributed by atoms with Crippen LogP contribution in [0.15, 0.2) is 15.0 Å². The van der Waals surface area contributed by atoms with Gasteiger partial charge in [-0.2, -0.15) is 0 Å². The highest BCUT2D eigenvalue weighted by atomic mass is 79.9. The van der Waals surface area contributed by atoms with Gasteiger partial charge in [-0.3, -0.25) is 0 Å². The third-order valence-corrected chi connectivity index (χ3v) is 3.41. The zero-order valence-electron chi connectivity index (χ0n) is 7.04. The first-order valence-electron chi connectivity index (χ1n) is 3.56. The largest absolute Gasteiger partial charge is 0.397 e. The first-order valence-corrected chi connectivity index (χ1v) is 5.52. The highest BCUT2D eigenvalue weighted by Gasteiger charge is 2.31. The standard InChI is InChI=1S/C8H6Br2ClF2N/c1-8(12,13)5-3(9)2-4(11)7(14)6(5)10/h2H,14H2,1H3. The monoisotopic (exact) mass is 347 g/mol. The zero-order valence-corrected chi connectivity index (χ0v) is 11.0. The lowest BCUT2D eigenvalue weighted by atomic mass is 10.1. The molecule has 0 aliphatic rings. The van der Waals surface area contributed by atoms with Gasteiger partial charge in [0, 0.05) is 11.4 Å². The quantitative estimate of drug-likeness (QED) is 0.739. The Bertz CT molecular complexity index is 377. The molecule has 2 N–H and O–H groups in total. The van der Waals surface area contributed by atoms with Gasteiger partial charge in [0.2, 0.25) is 0 Å². The smallest absolute Gasteiger partial charge is 0.272 e. The average Bonchev–Trinajstić information content (AvgIpc) is 1.97. The Balaban J connectivity index is 3.53. The molecule has 0 aromatic heterocycles. The second-order valence-corrected chi connectivity index (χ2v) is 4.89. The molecule has 0 saturated carbocycles. The summed E-state index contributed by atoms with van der Waals surface area (Å²) in [6.07, 6.45) is 0. The van der Waals surface area contributed by atoms with Crippen LogP contribution in [0.5, 0.6) is 0 Å². The minimum atomic E-state index is -2.98. The normalized spacial score (nSPS) is 11.9. The summed E-state index contributed by atoms with van der Waals surface area (Å²) in [4.78, 5) is 0. The van der Waals surface area contributed by atoms with Gasteiger partial charge in [-0.25, -0.2) is 8.78 Å². The van der Waals surface area contributed by atoms with E-state index >= 15 is 0 Å².